The molecule has 0 radical (unpaired) electrons. The molecule has 2 amide bonds. The maximum atomic E-state index is 16.2. The van der Waals surface area contributed by atoms with Gasteiger partial charge in [-0.15, -0.1) is 0 Å². The second kappa shape index (κ2) is 61.2. The van der Waals surface area contributed by atoms with Crippen molar-refractivity contribution in [3.63, 3.8) is 0 Å². The number of phosphoric acid groups is 1. The Morgan fingerprint density at radius 1 is 0.363 bits per heavy atom. The third kappa shape index (κ3) is 39.5. The van der Waals surface area contributed by atoms with Gasteiger partial charge in [0, 0.05) is 6.42 Å². The number of benzene rings is 7. The van der Waals surface area contributed by atoms with Crippen molar-refractivity contribution in [1.82, 2.24) is 10.6 Å². The number of nitrogens with one attached hydrogen (secondary N) is 2. The molecule has 0 aliphatic carbocycles. The molecule has 124 heavy (non-hydrogen) atoms. The first-order chi connectivity index (χ1) is 61.0. The molecule has 9 rings (SSSR count). The van der Waals surface area contributed by atoms with Crippen LogP contribution in [0.2, 0.25) is 0 Å². The second-order valence-corrected chi connectivity index (χ2v) is 34.9. The molecule has 0 saturated carbocycles. The number of hydrogen-bond donors (Lipinski definition) is 3. The van der Waals surface area contributed by atoms with Gasteiger partial charge in [-0.1, -0.05) is 394 Å². The lowest BCUT2D eigenvalue weighted by Gasteiger charge is -2.48. The third-order valence-corrected chi connectivity index (χ3v) is 24.3. The predicted molar refractivity (Wildman–Crippen MR) is 486 cm³/mol. The number of esters is 1. The molecule has 2 aliphatic heterocycles. The molecule has 7 aromatic carbocycles. The number of ether oxygens (including phenoxy) is 10. The van der Waals surface area contributed by atoms with Crippen molar-refractivity contribution in [2.24, 2.45) is 0 Å². The normalized spacial score (nSPS) is 19.5. The molecular weight excluding hydrogens is 1580 g/mol. The van der Waals surface area contributed by atoms with Crippen LogP contribution in [-0.4, -0.2) is 123 Å². The molecule has 21 heteroatoms. The van der Waals surface area contributed by atoms with Crippen LogP contribution in [0.3, 0.4) is 0 Å². The van der Waals surface area contributed by atoms with E-state index in [2.05, 4.69) is 31.4 Å². The molecule has 0 aromatic heterocycles. The van der Waals surface area contributed by atoms with Crippen LogP contribution in [0.25, 0.3) is 0 Å². The number of unbranched alkanes of at least 4 members (excludes halogenated alkanes) is 24. The average Bonchev–Trinajstić information content (AvgIpc) is 0.776. The fourth-order valence-electron chi connectivity index (χ4n) is 15.9. The van der Waals surface area contributed by atoms with Crippen LogP contribution in [0.5, 0.6) is 0 Å². The minimum absolute atomic E-state index is 0.0106. The van der Waals surface area contributed by atoms with E-state index in [1.807, 2.05) is 212 Å². The average molecular weight is 1730 g/mol. The van der Waals surface area contributed by atoms with E-state index in [0.717, 1.165) is 105 Å². The Bertz CT molecular complexity index is 3870. The molecule has 0 spiro atoms. The maximum absolute atomic E-state index is 16.2. The van der Waals surface area contributed by atoms with Crippen molar-refractivity contribution in [1.29, 1.82) is 0 Å². The van der Waals surface area contributed by atoms with Gasteiger partial charge in [0.2, 0.25) is 11.8 Å². The Morgan fingerprint density at radius 2 is 0.694 bits per heavy atom. The molecule has 2 fully saturated rings. The van der Waals surface area contributed by atoms with Crippen molar-refractivity contribution in [3.8, 4) is 0 Å². The standard InChI is InChI=1S/C103H145N2O18P/c1-4-7-10-13-16-19-22-25-49-66-89(113-74-83-54-37-29-38-55-83)71-93(107)104-96-100(115-76-85-58-41-31-42-59-85)98(114-75-84-56-39-30-40-57-84)92(122-102(96)112-70-69-106)81-117-103-97(105-94(108)72-90(67-50-26-23-20-17-14-11-8-5-2)120-95(109)68-51-27-24-21-18-15-12-9-6-3)101(116-77-86-60-43-32-44-61-86)99(91(121-103)80-111-73-82-52-35-28-36-53-82)123-124(110,118-78-87-62-45-33-46-63-87)119-79-88-64-47-34-48-65-88/h28-48,52-65,89-92,96-103,106H,4-27,49-51,66-81H2,1-3H3,(H,104,107)(H,105,108)/t89-,90-,91-,92-,96+,97+,98-,99-,100-,101-,102+,103-/m1/s1. The largest absolute Gasteiger partial charge is 0.475 e. The highest BCUT2D eigenvalue weighted by molar-refractivity contribution is 7.48. The van der Waals surface area contributed by atoms with Gasteiger partial charge < -0.3 is 63.1 Å². The van der Waals surface area contributed by atoms with E-state index >= 15 is 14.2 Å². The summed E-state index contributed by atoms with van der Waals surface area (Å²) < 4.78 is 106. The Kier molecular flexibility index (Phi) is 49.5. The summed E-state index contributed by atoms with van der Waals surface area (Å²) in [6, 6.07) is 64.8. The molecule has 0 unspecified atom stereocenters. The lowest BCUT2D eigenvalue weighted by Crippen LogP contribution is -2.68. The van der Waals surface area contributed by atoms with E-state index < -0.39 is 93.8 Å². The predicted octanol–water partition coefficient (Wildman–Crippen LogP) is 22.4. The summed E-state index contributed by atoms with van der Waals surface area (Å²) >= 11 is 0. The van der Waals surface area contributed by atoms with E-state index in [4.69, 9.17) is 60.9 Å². The first-order valence-corrected chi connectivity index (χ1v) is 48.3. The number of amides is 2. The molecule has 20 nitrogen and oxygen atoms in total. The van der Waals surface area contributed by atoms with Gasteiger partial charge in [0.05, 0.1) is 91.6 Å². The van der Waals surface area contributed by atoms with Crippen LogP contribution in [0.1, 0.15) is 265 Å². The van der Waals surface area contributed by atoms with Gasteiger partial charge in [-0.05, 0) is 64.6 Å². The summed E-state index contributed by atoms with van der Waals surface area (Å²) in [7, 11) is -4.78. The van der Waals surface area contributed by atoms with Gasteiger partial charge in [-0.3, -0.25) is 28.0 Å². The minimum atomic E-state index is -4.78. The van der Waals surface area contributed by atoms with E-state index in [9.17, 15) is 9.90 Å². The van der Waals surface area contributed by atoms with E-state index in [-0.39, 0.29) is 90.6 Å². The molecule has 2 heterocycles. The number of hydrogen-bond acceptors (Lipinski definition) is 18. The number of aliphatic hydroxyl groups is 1. The summed E-state index contributed by atoms with van der Waals surface area (Å²) in [5, 5.41) is 17.3. The van der Waals surface area contributed by atoms with Gasteiger partial charge >= 0.3 is 13.8 Å². The van der Waals surface area contributed by atoms with Crippen LogP contribution in [0.4, 0.5) is 0 Å². The number of phosphoric ester groups is 1. The summed E-state index contributed by atoms with van der Waals surface area (Å²) in [5.74, 6) is -1.20. The van der Waals surface area contributed by atoms with E-state index in [1.54, 1.807) is 0 Å². The Balaban J connectivity index is 1.10. The fraction of sp³-hybridized carbons (Fsp3) is 0.563. The summed E-state index contributed by atoms with van der Waals surface area (Å²) in [5.41, 5.74) is 5.67. The van der Waals surface area contributed by atoms with Crippen LogP contribution < -0.4 is 10.6 Å². The zero-order valence-electron chi connectivity index (χ0n) is 74.4. The molecule has 0 bridgehead atoms. The van der Waals surface area contributed by atoms with Crippen LogP contribution in [0.15, 0.2) is 212 Å². The zero-order valence-corrected chi connectivity index (χ0v) is 75.3. The quantitative estimate of drug-likeness (QED) is 0.0183. The maximum Gasteiger partial charge on any atom is 0.475 e. The lowest BCUT2D eigenvalue weighted by molar-refractivity contribution is -0.315. The molecule has 2 saturated heterocycles. The van der Waals surface area contributed by atoms with Gasteiger partial charge in [0.1, 0.15) is 54.8 Å². The molecule has 3 N–H and O–H groups in total. The topological polar surface area (TPSA) is 233 Å². The highest BCUT2D eigenvalue weighted by Gasteiger charge is 2.54. The second-order valence-electron chi connectivity index (χ2n) is 33.3. The van der Waals surface area contributed by atoms with Crippen molar-refractivity contribution in [3.05, 3.63) is 251 Å². The summed E-state index contributed by atoms with van der Waals surface area (Å²) in [6.45, 7) is 5.66. The molecule has 12 atom stereocenters. The molecule has 7 aromatic rings. The first-order valence-electron chi connectivity index (χ1n) is 46.8. The minimum Gasteiger partial charge on any atom is -0.462 e. The number of carbonyl (C=O) groups excluding carboxylic acids is 3. The van der Waals surface area contributed by atoms with Crippen molar-refractivity contribution in [2.75, 3.05) is 26.4 Å². The third-order valence-electron chi connectivity index (χ3n) is 22.9. The zero-order chi connectivity index (χ0) is 87.0. The molecule has 2 aliphatic rings. The highest BCUT2D eigenvalue weighted by atomic mass is 31.2. The van der Waals surface area contributed by atoms with Gasteiger partial charge in [-0.2, -0.15) is 0 Å². The van der Waals surface area contributed by atoms with Crippen LogP contribution in [-0.2, 0) is 126 Å². The monoisotopic (exact) mass is 1730 g/mol. The smallest absolute Gasteiger partial charge is 0.462 e. The molecular formula is C103H145N2O18P. The Morgan fingerprint density at radius 3 is 1.10 bits per heavy atom. The SMILES string of the molecule is CCCCCCCCCCCC(=O)O[C@H](CCCCCCCCCCC)CC(=O)N[C@@H]1[C@H](OC[C@H]2O[C@H](OCCO)[C@@H](NC(=O)C[C@@H](CCCCCCCCCCC)OCc3ccccc3)[C@@H](OCc3ccccc3)[C@@H]2OCc2ccccc2)O[C@H](COCc2ccccc2)[C@@H](OP(=O)(OCc2ccccc2)OCc2ccccc2)[C@@H]1OCc1ccccc1. The molecule has 680 valence electrons. The van der Waals surface area contributed by atoms with Crippen LogP contribution >= 0.6 is 7.82 Å². The number of carbonyl (C=O) groups is 3. The van der Waals surface area contributed by atoms with E-state index in [0.29, 0.717) is 37.0 Å². The highest BCUT2D eigenvalue weighted by Crippen LogP contribution is 2.54. The van der Waals surface area contributed by atoms with Gasteiger partial charge in [-0.25, -0.2) is 4.57 Å². The van der Waals surface area contributed by atoms with E-state index in [1.165, 1.54) is 89.9 Å². The van der Waals surface area contributed by atoms with Gasteiger partial charge in [0.15, 0.2) is 12.6 Å². The first kappa shape index (κ1) is 100. The lowest BCUT2D eigenvalue weighted by atomic mass is 9.94. The van der Waals surface area contributed by atoms with Crippen LogP contribution in [0, 0.1) is 0 Å². The number of aliphatic hydroxyl groups excluding tert-OH is 1. The van der Waals surface area contributed by atoms with Crippen molar-refractivity contribution >= 4 is 25.6 Å². The van der Waals surface area contributed by atoms with Gasteiger partial charge in [0.25, 0.3) is 0 Å². The Labute approximate surface area is 740 Å². The summed E-state index contributed by atoms with van der Waals surface area (Å²) in [6.07, 6.45) is 19.6. The van der Waals surface area contributed by atoms with Crippen molar-refractivity contribution < 1.29 is 85.0 Å². The van der Waals surface area contributed by atoms with Crippen molar-refractivity contribution in [2.45, 2.75) is 346 Å². The summed E-state index contributed by atoms with van der Waals surface area (Å²) in [4.78, 5) is 45.3. The fourth-order valence-corrected chi connectivity index (χ4v) is 17.3. The number of rotatable bonds is 67. The Hall–Kier alpha value is -7.34.